The summed E-state index contributed by atoms with van der Waals surface area (Å²) >= 11 is 3.41. The van der Waals surface area contributed by atoms with Gasteiger partial charge in [-0.15, -0.1) is 0 Å². The van der Waals surface area contributed by atoms with Crippen LogP contribution >= 0.6 is 15.9 Å². The molecule has 2 aromatic rings. The molecule has 0 unspecified atom stereocenters. The van der Waals surface area contributed by atoms with Crippen LogP contribution in [0.5, 0.6) is 5.75 Å². The molecule has 0 aromatic heterocycles. The zero-order valence-electron chi connectivity index (χ0n) is 15.1. The van der Waals surface area contributed by atoms with Gasteiger partial charge in [0.05, 0.1) is 31.9 Å². The van der Waals surface area contributed by atoms with Crippen molar-refractivity contribution < 1.29 is 18.7 Å². The molecule has 1 N–H and O–H groups in total. The number of ether oxygens (including phenoxy) is 2. The number of carbonyl (C=O) groups is 1. The number of rotatable bonds is 6. The molecule has 144 valence electrons. The summed E-state index contributed by atoms with van der Waals surface area (Å²) in [4.78, 5) is 15.0. The SMILES string of the molecule is COc1ccc(Br)c(C(=O)NC[C@H](c2ccc(F)cc2)N2CCOCC2)c1. The molecule has 7 heteroatoms. The number of morpholine rings is 1. The van der Waals surface area contributed by atoms with E-state index in [1.54, 1.807) is 37.4 Å². The fourth-order valence-corrected chi connectivity index (χ4v) is 3.55. The molecule has 0 saturated carbocycles. The molecule has 1 aliphatic heterocycles. The van der Waals surface area contributed by atoms with Crippen molar-refractivity contribution in [3.05, 3.63) is 63.9 Å². The van der Waals surface area contributed by atoms with Crippen LogP contribution < -0.4 is 10.1 Å². The second kappa shape index (κ2) is 9.30. The summed E-state index contributed by atoms with van der Waals surface area (Å²) in [6.45, 7) is 3.23. The van der Waals surface area contributed by atoms with Crippen molar-refractivity contribution in [3.8, 4) is 5.75 Å². The van der Waals surface area contributed by atoms with Crippen molar-refractivity contribution >= 4 is 21.8 Å². The highest BCUT2D eigenvalue weighted by Crippen LogP contribution is 2.24. The zero-order valence-corrected chi connectivity index (χ0v) is 16.7. The van der Waals surface area contributed by atoms with E-state index < -0.39 is 0 Å². The molecule has 5 nitrogen and oxygen atoms in total. The maximum absolute atomic E-state index is 13.3. The van der Waals surface area contributed by atoms with Crippen LogP contribution in [0.25, 0.3) is 0 Å². The first-order valence-corrected chi connectivity index (χ1v) is 9.57. The fraction of sp³-hybridized carbons (Fsp3) is 0.350. The van der Waals surface area contributed by atoms with Gasteiger partial charge in [-0.1, -0.05) is 12.1 Å². The molecule has 1 heterocycles. The second-order valence-electron chi connectivity index (χ2n) is 6.27. The highest BCUT2D eigenvalue weighted by Gasteiger charge is 2.24. The Hall–Kier alpha value is -1.96. The lowest BCUT2D eigenvalue weighted by atomic mass is 10.0. The average Bonchev–Trinajstić information content (AvgIpc) is 2.70. The number of benzene rings is 2. The normalized spacial score (nSPS) is 16.0. The number of nitrogens with zero attached hydrogens (tertiary/aromatic N) is 1. The van der Waals surface area contributed by atoms with Crippen molar-refractivity contribution in [3.63, 3.8) is 0 Å². The van der Waals surface area contributed by atoms with Crippen LogP contribution in [0.1, 0.15) is 22.0 Å². The monoisotopic (exact) mass is 436 g/mol. The predicted molar refractivity (Wildman–Crippen MR) is 105 cm³/mol. The van der Waals surface area contributed by atoms with Gasteiger partial charge in [-0.25, -0.2) is 4.39 Å². The number of methoxy groups -OCH3 is 1. The first-order chi connectivity index (χ1) is 13.1. The summed E-state index contributed by atoms with van der Waals surface area (Å²) in [5.41, 5.74) is 1.47. The van der Waals surface area contributed by atoms with Crippen molar-refractivity contribution in [1.82, 2.24) is 10.2 Å². The van der Waals surface area contributed by atoms with Crippen LogP contribution in [0.15, 0.2) is 46.9 Å². The minimum absolute atomic E-state index is 0.0529. The van der Waals surface area contributed by atoms with E-state index in [2.05, 4.69) is 26.1 Å². The highest BCUT2D eigenvalue weighted by atomic mass is 79.9. The minimum Gasteiger partial charge on any atom is -0.497 e. The molecule has 1 fully saturated rings. The largest absolute Gasteiger partial charge is 0.497 e. The Morgan fingerprint density at radius 3 is 2.63 bits per heavy atom. The van der Waals surface area contributed by atoms with Crippen molar-refractivity contribution in [2.45, 2.75) is 6.04 Å². The lowest BCUT2D eigenvalue weighted by Crippen LogP contribution is -2.43. The van der Waals surface area contributed by atoms with Crippen molar-refractivity contribution in [2.24, 2.45) is 0 Å². The van der Waals surface area contributed by atoms with E-state index in [1.807, 2.05) is 0 Å². The Labute approximate surface area is 166 Å². The molecule has 1 atom stereocenters. The van der Waals surface area contributed by atoms with Crippen LogP contribution in [0.2, 0.25) is 0 Å². The molecule has 2 aromatic carbocycles. The number of hydrogen-bond acceptors (Lipinski definition) is 4. The summed E-state index contributed by atoms with van der Waals surface area (Å²) in [6, 6.07) is 11.6. The van der Waals surface area contributed by atoms with Gasteiger partial charge in [0.25, 0.3) is 5.91 Å². The lowest BCUT2D eigenvalue weighted by Gasteiger charge is -2.35. The summed E-state index contributed by atoms with van der Waals surface area (Å²) < 4.78 is 24.7. The standard InChI is InChI=1S/C20H22BrFN2O3/c1-26-16-6-7-18(21)17(12-16)20(25)23-13-19(24-8-10-27-11-9-24)14-2-4-15(22)5-3-14/h2-7,12,19H,8-11,13H2,1H3,(H,23,25)/t19-/m1/s1. The van der Waals surface area contributed by atoms with E-state index in [0.29, 0.717) is 35.5 Å². The molecule has 0 bridgehead atoms. The van der Waals surface area contributed by atoms with Gasteiger partial charge in [0.15, 0.2) is 0 Å². The van der Waals surface area contributed by atoms with E-state index in [9.17, 15) is 9.18 Å². The Kier molecular flexibility index (Phi) is 6.82. The van der Waals surface area contributed by atoms with Gasteiger partial charge in [-0.2, -0.15) is 0 Å². The van der Waals surface area contributed by atoms with Crippen LogP contribution in [0.4, 0.5) is 4.39 Å². The maximum Gasteiger partial charge on any atom is 0.252 e. The van der Waals surface area contributed by atoms with Crippen LogP contribution in [-0.2, 0) is 4.74 Å². The van der Waals surface area contributed by atoms with Crippen LogP contribution in [0, 0.1) is 5.82 Å². The molecule has 1 saturated heterocycles. The fourth-order valence-electron chi connectivity index (χ4n) is 3.12. The first-order valence-electron chi connectivity index (χ1n) is 8.77. The summed E-state index contributed by atoms with van der Waals surface area (Å²) in [5, 5.41) is 3.00. The number of nitrogens with one attached hydrogen (secondary N) is 1. The third kappa shape index (κ3) is 5.06. The maximum atomic E-state index is 13.3. The van der Waals surface area contributed by atoms with Gasteiger partial charge >= 0.3 is 0 Å². The highest BCUT2D eigenvalue weighted by molar-refractivity contribution is 9.10. The Balaban J connectivity index is 1.76. The smallest absolute Gasteiger partial charge is 0.252 e. The Morgan fingerprint density at radius 1 is 1.26 bits per heavy atom. The van der Waals surface area contributed by atoms with Gasteiger partial charge in [-0.05, 0) is 51.8 Å². The molecule has 0 radical (unpaired) electrons. The van der Waals surface area contributed by atoms with Gasteiger partial charge in [0.1, 0.15) is 11.6 Å². The predicted octanol–water partition coefficient (Wildman–Crippen LogP) is 3.40. The molecular formula is C20H22BrFN2O3. The average molecular weight is 437 g/mol. The Morgan fingerprint density at radius 2 is 1.96 bits per heavy atom. The summed E-state index contributed by atoms with van der Waals surface area (Å²) in [5.74, 6) is 0.150. The minimum atomic E-state index is -0.274. The molecule has 0 spiro atoms. The number of carbonyl (C=O) groups excluding carboxylic acids is 1. The number of halogens is 2. The quantitative estimate of drug-likeness (QED) is 0.753. The van der Waals surface area contributed by atoms with Crippen molar-refractivity contribution in [1.29, 1.82) is 0 Å². The second-order valence-corrected chi connectivity index (χ2v) is 7.13. The summed E-state index contributed by atoms with van der Waals surface area (Å²) in [6.07, 6.45) is 0. The van der Waals surface area contributed by atoms with E-state index >= 15 is 0 Å². The summed E-state index contributed by atoms with van der Waals surface area (Å²) in [7, 11) is 1.56. The van der Waals surface area contributed by atoms with Gasteiger partial charge in [0.2, 0.25) is 0 Å². The van der Waals surface area contributed by atoms with Gasteiger partial charge < -0.3 is 14.8 Å². The first kappa shape index (κ1) is 19.8. The topological polar surface area (TPSA) is 50.8 Å². The molecule has 1 amide bonds. The van der Waals surface area contributed by atoms with E-state index in [4.69, 9.17) is 9.47 Å². The third-order valence-corrected chi connectivity index (χ3v) is 5.31. The van der Waals surface area contributed by atoms with Crippen LogP contribution in [-0.4, -0.2) is 50.8 Å². The lowest BCUT2D eigenvalue weighted by molar-refractivity contribution is 0.0162. The zero-order chi connectivity index (χ0) is 19.2. The van der Waals surface area contributed by atoms with E-state index in [0.717, 1.165) is 18.7 Å². The molecule has 1 aliphatic rings. The van der Waals surface area contributed by atoms with Gasteiger partial charge in [-0.3, -0.25) is 9.69 Å². The third-order valence-electron chi connectivity index (χ3n) is 4.62. The molecular weight excluding hydrogens is 415 g/mol. The number of amides is 1. The number of hydrogen-bond donors (Lipinski definition) is 1. The molecule has 3 rings (SSSR count). The van der Waals surface area contributed by atoms with E-state index in [1.165, 1.54) is 12.1 Å². The van der Waals surface area contributed by atoms with Gasteiger partial charge in [0, 0.05) is 24.1 Å². The van der Waals surface area contributed by atoms with E-state index in [-0.39, 0.29) is 17.8 Å². The Bertz CT molecular complexity index is 779. The molecule has 0 aliphatic carbocycles. The van der Waals surface area contributed by atoms with Crippen LogP contribution in [0.3, 0.4) is 0 Å². The van der Waals surface area contributed by atoms with Crippen molar-refractivity contribution in [2.75, 3.05) is 40.0 Å². The molecule has 27 heavy (non-hydrogen) atoms.